The first-order valence-corrected chi connectivity index (χ1v) is 18.8. The lowest BCUT2D eigenvalue weighted by Crippen LogP contribution is -2.51. The maximum absolute atomic E-state index is 13.4. The molecule has 1 fully saturated rings. The third-order valence-electron chi connectivity index (χ3n) is 9.32. The van der Waals surface area contributed by atoms with Crippen LogP contribution in [0.15, 0.2) is 48.5 Å². The van der Waals surface area contributed by atoms with Gasteiger partial charge in [0, 0.05) is 68.6 Å². The summed E-state index contributed by atoms with van der Waals surface area (Å²) in [6, 6.07) is 12.1. The summed E-state index contributed by atoms with van der Waals surface area (Å²) in [7, 11) is -0.546. The second kappa shape index (κ2) is 22.7. The van der Waals surface area contributed by atoms with Gasteiger partial charge in [-0.25, -0.2) is 0 Å². The predicted octanol–water partition coefficient (Wildman–Crippen LogP) is 2.70. The van der Waals surface area contributed by atoms with E-state index in [9.17, 15) is 29.1 Å². The van der Waals surface area contributed by atoms with Crippen LogP contribution in [0.1, 0.15) is 69.7 Å². The molecule has 53 heavy (non-hydrogen) atoms. The molecule has 2 aromatic carbocycles. The molecule has 6 atom stereocenters. The molecular formula is C38H55BClN5O8. The summed E-state index contributed by atoms with van der Waals surface area (Å²) in [5.74, 6) is -4.34. The molecule has 0 aliphatic carbocycles. The third-order valence-corrected chi connectivity index (χ3v) is 9.57. The zero-order valence-corrected chi connectivity index (χ0v) is 31.7. The molecule has 13 nitrogen and oxygen atoms in total. The number of unbranched alkanes of at least 4 members (excludes halogenated alkanes) is 1. The first-order valence-electron chi connectivity index (χ1n) is 18.4. The number of aliphatic hydroxyl groups excluding tert-OH is 1. The minimum atomic E-state index is -1.35. The van der Waals surface area contributed by atoms with Crippen LogP contribution >= 0.6 is 11.6 Å². The molecule has 0 bridgehead atoms. The van der Waals surface area contributed by atoms with E-state index < -0.39 is 54.7 Å². The highest BCUT2D eigenvalue weighted by molar-refractivity contribution is 6.46. The van der Waals surface area contributed by atoms with E-state index in [0.717, 1.165) is 11.1 Å². The lowest BCUT2D eigenvalue weighted by atomic mass is 9.69. The fraction of sp³-hybridized carbons (Fsp3) is 0.553. The van der Waals surface area contributed by atoms with Crippen molar-refractivity contribution >= 4 is 47.9 Å². The Morgan fingerprint density at radius 1 is 0.830 bits per heavy atom. The second-order valence-corrected chi connectivity index (χ2v) is 14.2. The quantitative estimate of drug-likeness (QED) is 0.0620. The molecule has 3 rings (SSSR count). The highest BCUT2D eigenvalue weighted by Gasteiger charge is 2.34. The molecular weight excluding hydrogens is 701 g/mol. The maximum atomic E-state index is 13.4. The van der Waals surface area contributed by atoms with Crippen LogP contribution in [0, 0.1) is 11.8 Å². The largest absolute Gasteiger partial charge is 0.460 e. The summed E-state index contributed by atoms with van der Waals surface area (Å²) in [6.07, 6.45) is -0.0308. The number of aliphatic hydroxyl groups is 1. The predicted molar refractivity (Wildman–Crippen MR) is 205 cm³/mol. The molecule has 8 N–H and O–H groups in total. The van der Waals surface area contributed by atoms with Gasteiger partial charge in [-0.05, 0) is 61.8 Å². The number of carbonyl (C=O) groups is 5. The van der Waals surface area contributed by atoms with Crippen molar-refractivity contribution in [3.05, 3.63) is 59.1 Å². The van der Waals surface area contributed by atoms with Crippen LogP contribution in [0.4, 0.5) is 0 Å². The van der Waals surface area contributed by atoms with E-state index in [2.05, 4.69) is 16.0 Å². The minimum Gasteiger partial charge on any atom is -0.410 e. The van der Waals surface area contributed by atoms with Crippen LogP contribution in [0.2, 0.25) is 10.8 Å². The number of benzene rings is 2. The Kier molecular flexibility index (Phi) is 18.8. The number of halogens is 1. The molecule has 0 aromatic heterocycles. The Balaban J connectivity index is 1.58. The summed E-state index contributed by atoms with van der Waals surface area (Å²) in [5.41, 5.74) is 13.8. The van der Waals surface area contributed by atoms with Gasteiger partial charge < -0.3 is 41.8 Å². The fourth-order valence-corrected chi connectivity index (χ4v) is 6.18. The van der Waals surface area contributed by atoms with Gasteiger partial charge >= 0.3 is 7.12 Å². The summed E-state index contributed by atoms with van der Waals surface area (Å²) < 4.78 is 11.6. The number of amides is 2. The van der Waals surface area contributed by atoms with Gasteiger partial charge in [-0.1, -0.05) is 61.8 Å². The first kappa shape index (κ1) is 43.9. The van der Waals surface area contributed by atoms with Crippen molar-refractivity contribution in [1.82, 2.24) is 16.0 Å². The van der Waals surface area contributed by atoms with Crippen molar-refractivity contribution in [1.29, 1.82) is 0 Å². The van der Waals surface area contributed by atoms with Gasteiger partial charge in [0.05, 0.1) is 18.1 Å². The van der Waals surface area contributed by atoms with E-state index in [-0.39, 0.29) is 43.2 Å². The molecule has 2 amide bonds. The van der Waals surface area contributed by atoms with Crippen LogP contribution < -0.4 is 27.4 Å². The first-order chi connectivity index (χ1) is 25.3. The van der Waals surface area contributed by atoms with Gasteiger partial charge in [-0.2, -0.15) is 0 Å². The van der Waals surface area contributed by atoms with Gasteiger partial charge in [-0.3, -0.25) is 24.0 Å². The zero-order chi connectivity index (χ0) is 38.9. The Bertz CT molecular complexity index is 1490. The smallest absolute Gasteiger partial charge is 0.410 e. The Morgan fingerprint density at radius 3 is 2.00 bits per heavy atom. The summed E-state index contributed by atoms with van der Waals surface area (Å²) >= 11 is 5.98. The second-order valence-electron chi connectivity index (χ2n) is 13.8. The lowest BCUT2D eigenvalue weighted by molar-refractivity contribution is -0.135. The minimum absolute atomic E-state index is 0.120. The van der Waals surface area contributed by atoms with Crippen LogP contribution in [0.3, 0.4) is 0 Å². The molecule has 1 aliphatic heterocycles. The van der Waals surface area contributed by atoms with E-state index >= 15 is 0 Å². The SMILES string of the molecule is C[C@H](CC(=O)[C@H](CCCCN)NC(=O)[C@H](C)CC(=O)[C@@H](NC(=O)[C@H](CN)CC(=O)c1ccc(-c2ccc(Cl)cc2)cc1)[C@@H](C)O)B1OCCNCCO1. The number of hydrogen-bond acceptors (Lipinski definition) is 11. The van der Waals surface area contributed by atoms with E-state index in [0.29, 0.717) is 62.7 Å². The van der Waals surface area contributed by atoms with Crippen molar-refractivity contribution < 1.29 is 38.4 Å². The van der Waals surface area contributed by atoms with E-state index in [1.54, 1.807) is 43.3 Å². The Hall–Kier alpha value is -3.50. The van der Waals surface area contributed by atoms with E-state index in [4.69, 9.17) is 32.4 Å². The fourth-order valence-electron chi connectivity index (χ4n) is 6.05. The molecule has 1 saturated heterocycles. The molecule has 1 aliphatic rings. The molecule has 2 aromatic rings. The average Bonchev–Trinajstić information content (AvgIpc) is 3.12. The van der Waals surface area contributed by atoms with Crippen molar-refractivity contribution in [2.45, 2.75) is 83.3 Å². The number of carbonyl (C=O) groups excluding carboxylic acids is 5. The topological polar surface area (TPSA) is 212 Å². The molecule has 0 unspecified atom stereocenters. The Labute approximate surface area is 317 Å². The van der Waals surface area contributed by atoms with Crippen LogP contribution in [-0.4, -0.2) is 99.0 Å². The van der Waals surface area contributed by atoms with Crippen molar-refractivity contribution in [3.8, 4) is 11.1 Å². The van der Waals surface area contributed by atoms with Crippen molar-refractivity contribution in [2.75, 3.05) is 39.4 Å². The highest BCUT2D eigenvalue weighted by Crippen LogP contribution is 2.23. The molecule has 15 heteroatoms. The summed E-state index contributed by atoms with van der Waals surface area (Å²) in [5, 5.41) is 19.6. The number of nitrogens with two attached hydrogens (primary N) is 2. The zero-order valence-electron chi connectivity index (χ0n) is 31.0. The number of rotatable bonds is 21. The summed E-state index contributed by atoms with van der Waals surface area (Å²) in [6.45, 7) is 7.30. The summed E-state index contributed by atoms with van der Waals surface area (Å²) in [4.78, 5) is 66.5. The monoisotopic (exact) mass is 755 g/mol. The van der Waals surface area contributed by atoms with Crippen molar-refractivity contribution in [2.24, 2.45) is 23.3 Å². The van der Waals surface area contributed by atoms with E-state index in [1.165, 1.54) is 6.92 Å². The molecule has 0 spiro atoms. The van der Waals surface area contributed by atoms with Gasteiger partial charge in [0.1, 0.15) is 6.04 Å². The van der Waals surface area contributed by atoms with Gasteiger partial charge in [-0.15, -0.1) is 0 Å². The third kappa shape index (κ3) is 14.3. The number of Topliss-reactive ketones (excluding diaryl/α,β-unsaturated/α-hetero) is 3. The standard InChI is InChI=1S/C38H55BClN5O8/c1-24(37(50)44-32(6-4-5-15-41)34(48)21-25(2)39-52-18-16-43-17-19-53-39)20-35(49)36(26(3)46)45-38(51)30(23-42)22-33(47)29-9-7-27(8-10-29)28-11-13-31(40)14-12-28/h7-14,24-26,30,32,36,43,46H,4-6,15-23,41-42H2,1-3H3,(H,44,50)(H,45,51)/t24-,25-,26-,30+,32+,36+/m1/s1. The Morgan fingerprint density at radius 2 is 1.43 bits per heavy atom. The molecule has 0 saturated carbocycles. The van der Waals surface area contributed by atoms with Crippen LogP contribution in [-0.2, 0) is 28.5 Å². The van der Waals surface area contributed by atoms with Crippen LogP contribution in [0.25, 0.3) is 11.1 Å². The van der Waals surface area contributed by atoms with Gasteiger partial charge in [0.25, 0.3) is 0 Å². The molecule has 0 radical (unpaired) electrons. The average molecular weight is 756 g/mol. The van der Waals surface area contributed by atoms with Crippen molar-refractivity contribution in [3.63, 3.8) is 0 Å². The van der Waals surface area contributed by atoms with Gasteiger partial charge in [0.2, 0.25) is 11.8 Å². The van der Waals surface area contributed by atoms with E-state index in [1.807, 2.05) is 19.1 Å². The number of nitrogens with one attached hydrogen (secondary N) is 3. The van der Waals surface area contributed by atoms with Crippen LogP contribution in [0.5, 0.6) is 0 Å². The normalized spacial score (nSPS) is 16.9. The number of hydrogen-bond donors (Lipinski definition) is 6. The molecule has 1 heterocycles. The number of ketones is 3. The maximum Gasteiger partial charge on any atom is 0.460 e. The molecule has 290 valence electrons. The highest BCUT2D eigenvalue weighted by atomic mass is 35.5. The lowest BCUT2D eigenvalue weighted by Gasteiger charge is -2.26. The van der Waals surface area contributed by atoms with Gasteiger partial charge in [0.15, 0.2) is 17.3 Å².